The number of benzene rings is 3. The Balaban J connectivity index is 1.83. The molecule has 27 heavy (non-hydrogen) atoms. The van der Waals surface area contributed by atoms with E-state index in [-0.39, 0.29) is 10.8 Å². The second-order valence-electron chi connectivity index (χ2n) is 5.91. The first kappa shape index (κ1) is 19.1. The summed E-state index contributed by atoms with van der Waals surface area (Å²) in [5.74, 6) is -0.281. The Hall–Kier alpha value is -2.64. The van der Waals surface area contributed by atoms with Crippen LogP contribution >= 0.6 is 15.9 Å². The van der Waals surface area contributed by atoms with Gasteiger partial charge in [0, 0.05) is 15.7 Å². The highest BCUT2D eigenvalue weighted by molar-refractivity contribution is 9.10. The molecular weight excluding hydrogens is 428 g/mol. The minimum atomic E-state index is -3.71. The summed E-state index contributed by atoms with van der Waals surface area (Å²) in [7, 11) is -3.71. The predicted octanol–water partition coefficient (Wildman–Crippen LogP) is 4.81. The summed E-state index contributed by atoms with van der Waals surface area (Å²) in [5.41, 5.74) is 2.15. The first-order valence-electron chi connectivity index (χ1n) is 8.10. The van der Waals surface area contributed by atoms with E-state index < -0.39 is 10.0 Å². The molecule has 0 aliphatic heterocycles. The van der Waals surface area contributed by atoms with Gasteiger partial charge < -0.3 is 5.32 Å². The van der Waals surface area contributed by atoms with Crippen LogP contribution in [0.5, 0.6) is 0 Å². The number of halogens is 1. The van der Waals surface area contributed by atoms with Gasteiger partial charge in [-0.1, -0.05) is 46.3 Å². The van der Waals surface area contributed by atoms with Crippen LogP contribution < -0.4 is 10.0 Å². The highest BCUT2D eigenvalue weighted by atomic mass is 79.9. The van der Waals surface area contributed by atoms with Crippen molar-refractivity contribution < 1.29 is 13.2 Å². The van der Waals surface area contributed by atoms with Crippen LogP contribution in [-0.2, 0) is 10.0 Å². The van der Waals surface area contributed by atoms with Gasteiger partial charge in [-0.2, -0.15) is 0 Å². The number of rotatable bonds is 5. The van der Waals surface area contributed by atoms with Gasteiger partial charge in [0.15, 0.2) is 0 Å². The average Bonchev–Trinajstić information content (AvgIpc) is 2.65. The van der Waals surface area contributed by atoms with Crippen molar-refractivity contribution in [1.29, 1.82) is 0 Å². The Labute approximate surface area is 166 Å². The summed E-state index contributed by atoms with van der Waals surface area (Å²) in [4.78, 5) is 12.6. The normalized spacial score (nSPS) is 11.0. The smallest absolute Gasteiger partial charge is 0.261 e. The highest BCUT2D eigenvalue weighted by Crippen LogP contribution is 2.24. The van der Waals surface area contributed by atoms with Gasteiger partial charge in [-0.05, 0) is 55.0 Å². The van der Waals surface area contributed by atoms with Crippen molar-refractivity contribution in [2.24, 2.45) is 0 Å². The number of carbonyl (C=O) groups is 1. The third-order valence-corrected chi connectivity index (χ3v) is 5.75. The molecule has 0 saturated heterocycles. The molecule has 0 bridgehead atoms. The Bertz CT molecular complexity index is 1080. The predicted molar refractivity (Wildman–Crippen MR) is 111 cm³/mol. The monoisotopic (exact) mass is 444 g/mol. The van der Waals surface area contributed by atoms with E-state index in [2.05, 4.69) is 26.0 Å². The van der Waals surface area contributed by atoms with Gasteiger partial charge in [-0.25, -0.2) is 8.42 Å². The molecule has 5 nitrogen and oxygen atoms in total. The largest absolute Gasteiger partial charge is 0.322 e. The lowest BCUT2D eigenvalue weighted by molar-refractivity contribution is 0.102. The molecule has 0 aromatic heterocycles. The van der Waals surface area contributed by atoms with Crippen LogP contribution in [0.15, 0.2) is 82.2 Å². The highest BCUT2D eigenvalue weighted by Gasteiger charge is 2.15. The van der Waals surface area contributed by atoms with E-state index in [9.17, 15) is 13.2 Å². The van der Waals surface area contributed by atoms with Gasteiger partial charge in [-0.15, -0.1) is 0 Å². The Morgan fingerprint density at radius 2 is 1.67 bits per heavy atom. The summed E-state index contributed by atoms with van der Waals surface area (Å²) >= 11 is 3.34. The average molecular weight is 445 g/mol. The van der Waals surface area contributed by atoms with Gasteiger partial charge >= 0.3 is 0 Å². The molecule has 0 fully saturated rings. The van der Waals surface area contributed by atoms with Crippen LogP contribution in [0.1, 0.15) is 15.9 Å². The second-order valence-corrected chi connectivity index (χ2v) is 8.51. The summed E-state index contributed by atoms with van der Waals surface area (Å²) in [5, 5.41) is 2.78. The van der Waals surface area contributed by atoms with Gasteiger partial charge in [0.05, 0.1) is 10.6 Å². The van der Waals surface area contributed by atoms with E-state index >= 15 is 0 Å². The zero-order valence-electron chi connectivity index (χ0n) is 14.4. The SMILES string of the molecule is Cc1ccc(NC(=O)c2cccc(Br)c2)cc1NS(=O)(=O)c1ccccc1. The summed E-state index contributed by atoms with van der Waals surface area (Å²) in [6.07, 6.45) is 0. The van der Waals surface area contributed by atoms with Crippen molar-refractivity contribution in [2.75, 3.05) is 10.0 Å². The number of sulfonamides is 1. The molecule has 0 aliphatic carbocycles. The van der Waals surface area contributed by atoms with Gasteiger partial charge in [-0.3, -0.25) is 9.52 Å². The molecule has 138 valence electrons. The summed E-state index contributed by atoms with van der Waals surface area (Å²) in [6, 6.07) is 20.2. The lowest BCUT2D eigenvalue weighted by atomic mass is 10.1. The number of carbonyl (C=O) groups excluding carboxylic acids is 1. The molecule has 0 unspecified atom stereocenters. The maximum atomic E-state index is 12.5. The molecule has 0 atom stereocenters. The lowest BCUT2D eigenvalue weighted by Gasteiger charge is -2.13. The van der Waals surface area contributed by atoms with Crippen LogP contribution in [0.2, 0.25) is 0 Å². The van der Waals surface area contributed by atoms with E-state index in [1.54, 1.807) is 61.5 Å². The van der Waals surface area contributed by atoms with Crippen LogP contribution in [0.3, 0.4) is 0 Å². The fraction of sp³-hybridized carbons (Fsp3) is 0.0500. The maximum Gasteiger partial charge on any atom is 0.261 e. The number of anilines is 2. The number of hydrogen-bond donors (Lipinski definition) is 2. The molecule has 2 N–H and O–H groups in total. The zero-order valence-corrected chi connectivity index (χ0v) is 16.8. The molecule has 0 spiro atoms. The quantitative estimate of drug-likeness (QED) is 0.592. The van der Waals surface area contributed by atoms with Crippen molar-refractivity contribution in [3.05, 3.63) is 88.4 Å². The zero-order chi connectivity index (χ0) is 19.4. The number of aryl methyl sites for hydroxylation is 1. The lowest BCUT2D eigenvalue weighted by Crippen LogP contribution is -2.15. The molecule has 3 aromatic carbocycles. The van der Waals surface area contributed by atoms with E-state index in [0.717, 1.165) is 10.0 Å². The van der Waals surface area contributed by atoms with Crippen molar-refractivity contribution in [3.8, 4) is 0 Å². The van der Waals surface area contributed by atoms with Crippen LogP contribution in [-0.4, -0.2) is 14.3 Å². The fourth-order valence-electron chi connectivity index (χ4n) is 2.45. The van der Waals surface area contributed by atoms with Crippen LogP contribution in [0, 0.1) is 6.92 Å². The molecule has 0 radical (unpaired) electrons. The number of hydrogen-bond acceptors (Lipinski definition) is 3. The molecule has 1 amide bonds. The van der Waals surface area contributed by atoms with E-state index in [0.29, 0.717) is 16.9 Å². The minimum absolute atomic E-state index is 0.174. The topological polar surface area (TPSA) is 75.3 Å². The van der Waals surface area contributed by atoms with Crippen LogP contribution in [0.25, 0.3) is 0 Å². The van der Waals surface area contributed by atoms with Gasteiger partial charge in [0.1, 0.15) is 0 Å². The molecule has 7 heteroatoms. The minimum Gasteiger partial charge on any atom is -0.322 e. The Kier molecular flexibility index (Phi) is 5.62. The van der Waals surface area contributed by atoms with Gasteiger partial charge in [0.25, 0.3) is 15.9 Å². The maximum absolute atomic E-state index is 12.5. The van der Waals surface area contributed by atoms with Crippen molar-refractivity contribution in [3.63, 3.8) is 0 Å². The Morgan fingerprint density at radius 3 is 2.37 bits per heavy atom. The van der Waals surface area contributed by atoms with Crippen molar-refractivity contribution in [2.45, 2.75) is 11.8 Å². The first-order valence-corrected chi connectivity index (χ1v) is 10.4. The number of nitrogens with one attached hydrogen (secondary N) is 2. The third-order valence-electron chi connectivity index (χ3n) is 3.88. The van der Waals surface area contributed by atoms with Crippen molar-refractivity contribution >= 4 is 43.2 Å². The summed E-state index contributed by atoms with van der Waals surface area (Å²) in [6.45, 7) is 1.79. The molecule has 3 rings (SSSR count). The molecule has 3 aromatic rings. The first-order chi connectivity index (χ1) is 12.8. The van der Waals surface area contributed by atoms with Gasteiger partial charge in [0.2, 0.25) is 0 Å². The fourth-order valence-corrected chi connectivity index (χ4v) is 3.99. The van der Waals surface area contributed by atoms with E-state index in [1.165, 1.54) is 12.1 Å². The van der Waals surface area contributed by atoms with Crippen molar-refractivity contribution in [1.82, 2.24) is 0 Å². The number of amides is 1. The molecule has 0 saturated carbocycles. The van der Waals surface area contributed by atoms with Crippen LogP contribution in [0.4, 0.5) is 11.4 Å². The standard InChI is InChI=1S/C20H17BrN2O3S/c1-14-10-11-17(22-20(24)15-6-5-7-16(21)12-15)13-19(14)23-27(25,26)18-8-3-2-4-9-18/h2-13,23H,1H3,(H,22,24). The Morgan fingerprint density at radius 1 is 0.926 bits per heavy atom. The third kappa shape index (κ3) is 4.75. The van der Waals surface area contributed by atoms with E-state index in [4.69, 9.17) is 0 Å². The molecule has 0 heterocycles. The second kappa shape index (κ2) is 7.94. The molecular formula is C20H17BrN2O3S. The molecule has 0 aliphatic rings. The summed E-state index contributed by atoms with van der Waals surface area (Å²) < 4.78 is 28.5. The van der Waals surface area contributed by atoms with E-state index in [1.807, 2.05) is 6.07 Å².